The van der Waals surface area contributed by atoms with Crippen molar-refractivity contribution in [3.05, 3.63) is 107 Å². The topological polar surface area (TPSA) is 29.5 Å². The highest BCUT2D eigenvalue weighted by molar-refractivity contribution is 5.69. The average Bonchev–Trinajstić information content (AvgIpc) is 3.20. The fraction of sp³-hybridized carbons (Fsp3) is 0.424. The molecular weight excluding hydrogens is 442 g/mol. The molecule has 3 aromatic carbocycles. The van der Waals surface area contributed by atoms with Gasteiger partial charge in [-0.15, -0.1) is 0 Å². The first-order chi connectivity index (χ1) is 17.4. The van der Waals surface area contributed by atoms with E-state index < -0.39 is 5.60 Å². The van der Waals surface area contributed by atoms with Crippen LogP contribution in [0.25, 0.3) is 0 Å². The summed E-state index contributed by atoms with van der Waals surface area (Å²) in [6.07, 6.45) is 5.78. The van der Waals surface area contributed by atoms with E-state index in [9.17, 15) is 4.79 Å². The summed E-state index contributed by atoms with van der Waals surface area (Å²) in [4.78, 5) is 15.5. The van der Waals surface area contributed by atoms with Crippen molar-refractivity contribution >= 4 is 6.09 Å². The van der Waals surface area contributed by atoms with Gasteiger partial charge in [-0.05, 0) is 74.3 Å². The first-order valence-electron chi connectivity index (χ1n) is 13.5. The molecule has 3 aromatic rings. The lowest BCUT2D eigenvalue weighted by Gasteiger charge is -2.35. The van der Waals surface area contributed by atoms with E-state index in [1.54, 1.807) is 0 Å². The molecule has 1 amide bonds. The minimum absolute atomic E-state index is 0.0962. The highest BCUT2D eigenvalue weighted by atomic mass is 16.6. The van der Waals surface area contributed by atoms with Gasteiger partial charge in [-0.1, -0.05) is 98.6 Å². The van der Waals surface area contributed by atoms with Crippen molar-refractivity contribution in [3.8, 4) is 0 Å². The largest absolute Gasteiger partial charge is 0.444 e. The number of nitrogens with zero attached hydrogens (tertiary/aromatic N) is 1. The molecule has 3 nitrogen and oxygen atoms in total. The predicted molar refractivity (Wildman–Crippen MR) is 149 cm³/mol. The summed E-state index contributed by atoms with van der Waals surface area (Å²) in [5.74, 6) is 0.243. The number of hydrogen-bond donors (Lipinski definition) is 0. The van der Waals surface area contributed by atoms with E-state index in [4.69, 9.17) is 4.74 Å². The molecule has 0 aromatic heterocycles. The first kappa shape index (κ1) is 26.0. The zero-order valence-corrected chi connectivity index (χ0v) is 22.4. The Bertz CT molecular complexity index is 1130. The van der Waals surface area contributed by atoms with Crippen LogP contribution in [-0.4, -0.2) is 29.2 Å². The maximum absolute atomic E-state index is 13.5. The molecule has 190 valence electrons. The highest BCUT2D eigenvalue weighted by Crippen LogP contribution is 2.40. The summed E-state index contributed by atoms with van der Waals surface area (Å²) in [5.41, 5.74) is 6.28. The van der Waals surface area contributed by atoms with Gasteiger partial charge in [0.1, 0.15) is 5.60 Å². The van der Waals surface area contributed by atoms with Gasteiger partial charge in [-0.25, -0.2) is 4.79 Å². The van der Waals surface area contributed by atoms with E-state index in [0.29, 0.717) is 0 Å². The molecule has 0 spiro atoms. The molecule has 0 N–H and O–H groups in total. The highest BCUT2D eigenvalue weighted by Gasteiger charge is 2.39. The number of fused-ring (bicyclic) bond motifs is 1. The number of rotatable bonds is 9. The molecular formula is C33H41NO2. The lowest BCUT2D eigenvalue weighted by molar-refractivity contribution is 0.0139. The normalized spacial score (nSPS) is 17.0. The van der Waals surface area contributed by atoms with Crippen molar-refractivity contribution in [3.63, 3.8) is 0 Å². The van der Waals surface area contributed by atoms with E-state index in [1.807, 2.05) is 25.7 Å². The molecule has 0 unspecified atom stereocenters. The van der Waals surface area contributed by atoms with Gasteiger partial charge in [0.15, 0.2) is 0 Å². The van der Waals surface area contributed by atoms with E-state index in [-0.39, 0.29) is 18.1 Å². The number of carbonyl (C=O) groups excluding carboxylic acids is 1. The number of ether oxygens (including phenoxy) is 1. The van der Waals surface area contributed by atoms with E-state index in [2.05, 4.69) is 85.8 Å². The number of carbonyl (C=O) groups is 1. The second kappa shape index (κ2) is 11.8. The maximum atomic E-state index is 13.5. The second-order valence-electron chi connectivity index (χ2n) is 11.1. The van der Waals surface area contributed by atoms with Crippen LogP contribution in [0.4, 0.5) is 4.79 Å². The molecule has 0 bridgehead atoms. The summed E-state index contributed by atoms with van der Waals surface area (Å²) >= 11 is 0. The van der Waals surface area contributed by atoms with Gasteiger partial charge in [-0.3, -0.25) is 0 Å². The molecule has 0 radical (unpaired) electrons. The monoisotopic (exact) mass is 483 g/mol. The Morgan fingerprint density at radius 2 is 1.56 bits per heavy atom. The van der Waals surface area contributed by atoms with Crippen LogP contribution in [0.2, 0.25) is 0 Å². The smallest absolute Gasteiger partial charge is 0.410 e. The Kier molecular flexibility index (Phi) is 8.51. The van der Waals surface area contributed by atoms with E-state index >= 15 is 0 Å². The van der Waals surface area contributed by atoms with Gasteiger partial charge in [0.05, 0.1) is 0 Å². The van der Waals surface area contributed by atoms with Crippen molar-refractivity contribution < 1.29 is 9.53 Å². The van der Waals surface area contributed by atoms with Crippen molar-refractivity contribution in [2.75, 3.05) is 6.54 Å². The lowest BCUT2D eigenvalue weighted by atomic mass is 9.87. The van der Waals surface area contributed by atoms with Crippen molar-refractivity contribution in [2.45, 2.75) is 83.8 Å². The minimum Gasteiger partial charge on any atom is -0.444 e. The second-order valence-corrected chi connectivity index (χ2v) is 11.1. The van der Waals surface area contributed by atoms with E-state index in [0.717, 1.165) is 45.1 Å². The Labute approximate surface area is 217 Å². The molecule has 2 atom stereocenters. The van der Waals surface area contributed by atoms with Crippen molar-refractivity contribution in [1.29, 1.82) is 0 Å². The fourth-order valence-corrected chi connectivity index (χ4v) is 5.46. The minimum atomic E-state index is -0.511. The molecule has 0 saturated carbocycles. The number of hydrogen-bond acceptors (Lipinski definition) is 2. The third-order valence-corrected chi connectivity index (χ3v) is 7.17. The molecule has 0 fully saturated rings. The summed E-state index contributed by atoms with van der Waals surface area (Å²) in [5, 5.41) is 0. The molecule has 0 aliphatic heterocycles. The summed E-state index contributed by atoms with van der Waals surface area (Å²) in [6, 6.07) is 28.3. The molecule has 0 saturated heterocycles. The molecule has 1 aliphatic rings. The third kappa shape index (κ3) is 6.57. The molecule has 36 heavy (non-hydrogen) atoms. The van der Waals surface area contributed by atoms with Crippen molar-refractivity contribution in [2.24, 2.45) is 0 Å². The molecule has 0 heterocycles. The summed E-state index contributed by atoms with van der Waals surface area (Å²) in [7, 11) is 0. The van der Waals surface area contributed by atoms with Gasteiger partial charge < -0.3 is 9.64 Å². The summed E-state index contributed by atoms with van der Waals surface area (Å²) in [6.45, 7) is 8.81. The first-order valence-corrected chi connectivity index (χ1v) is 13.5. The van der Waals surface area contributed by atoms with Crippen LogP contribution in [0.3, 0.4) is 0 Å². The van der Waals surface area contributed by atoms with E-state index in [1.165, 1.54) is 27.8 Å². The molecule has 3 heteroatoms. The molecule has 1 aliphatic carbocycles. The standard InChI is InChI=1S/C33H41NO2/c1-5-6-14-21-34(32(35)36-33(2,3)4)31-24-28-19-12-13-20-29(28)30(31)23-27-18-11-10-17-26(27)22-25-15-8-7-9-16-25/h7-13,15-20,30-31H,5-6,14,21-24H2,1-4H3/t30-,31-/m1/s1. The Balaban J connectivity index is 1.66. The van der Waals surface area contributed by atoms with Crippen LogP contribution in [0, 0.1) is 0 Å². The van der Waals surface area contributed by atoms with Gasteiger partial charge >= 0.3 is 6.09 Å². The van der Waals surface area contributed by atoms with Crippen LogP contribution in [0.1, 0.15) is 80.7 Å². The van der Waals surface area contributed by atoms with Gasteiger partial charge in [0, 0.05) is 18.5 Å². The van der Waals surface area contributed by atoms with Crippen LogP contribution in [0.15, 0.2) is 78.9 Å². The maximum Gasteiger partial charge on any atom is 0.410 e. The van der Waals surface area contributed by atoms with Crippen LogP contribution < -0.4 is 0 Å². The third-order valence-electron chi connectivity index (χ3n) is 7.17. The fourth-order valence-electron chi connectivity index (χ4n) is 5.46. The number of unbranched alkanes of at least 4 members (excludes halogenated alkanes) is 2. The quantitative estimate of drug-likeness (QED) is 0.289. The number of amides is 1. The number of benzene rings is 3. The average molecular weight is 484 g/mol. The predicted octanol–water partition coefficient (Wildman–Crippen LogP) is 7.96. The zero-order chi connectivity index (χ0) is 25.5. The Hall–Kier alpha value is -3.07. The Morgan fingerprint density at radius 3 is 2.28 bits per heavy atom. The zero-order valence-electron chi connectivity index (χ0n) is 22.4. The van der Waals surface area contributed by atoms with Gasteiger partial charge in [0.25, 0.3) is 0 Å². The van der Waals surface area contributed by atoms with Gasteiger partial charge in [0.2, 0.25) is 0 Å². The van der Waals surface area contributed by atoms with Gasteiger partial charge in [-0.2, -0.15) is 0 Å². The summed E-state index contributed by atoms with van der Waals surface area (Å²) < 4.78 is 5.93. The SMILES string of the molecule is CCCCCN(C(=O)OC(C)(C)C)[C@@H]1Cc2ccccc2[C@H]1Cc1ccccc1Cc1ccccc1. The van der Waals surface area contributed by atoms with Crippen LogP contribution in [0.5, 0.6) is 0 Å². The van der Waals surface area contributed by atoms with Crippen molar-refractivity contribution in [1.82, 2.24) is 4.90 Å². The lowest BCUT2D eigenvalue weighted by Crippen LogP contribution is -2.46. The molecule has 4 rings (SSSR count). The Morgan fingerprint density at radius 1 is 0.889 bits per heavy atom. The van der Waals surface area contributed by atoms with Crippen LogP contribution in [-0.2, 0) is 24.0 Å². The van der Waals surface area contributed by atoms with Crippen LogP contribution >= 0.6 is 0 Å².